The molecule has 0 bridgehead atoms. The summed E-state index contributed by atoms with van der Waals surface area (Å²) in [5, 5.41) is 4.85. The topological polar surface area (TPSA) is 71.0 Å². The van der Waals surface area contributed by atoms with Gasteiger partial charge in [-0.2, -0.15) is 0 Å². The lowest BCUT2D eigenvalue weighted by Crippen LogP contribution is -2.31. The summed E-state index contributed by atoms with van der Waals surface area (Å²) in [5.74, 6) is -1.17. The highest BCUT2D eigenvalue weighted by molar-refractivity contribution is 8.14. The van der Waals surface area contributed by atoms with E-state index in [1.54, 1.807) is 30.3 Å². The van der Waals surface area contributed by atoms with Crippen molar-refractivity contribution in [2.45, 2.75) is 6.36 Å². The molecule has 0 radical (unpaired) electrons. The Labute approximate surface area is 200 Å². The van der Waals surface area contributed by atoms with Crippen LogP contribution in [-0.4, -0.2) is 29.1 Å². The smallest absolute Gasteiger partial charge is 0.406 e. The first-order valence-electron chi connectivity index (χ1n) is 9.80. The van der Waals surface area contributed by atoms with Gasteiger partial charge in [-0.3, -0.25) is 14.5 Å². The fraction of sp³-hybridized carbons (Fsp3) is 0.0870. The molecule has 1 N–H and O–H groups in total. The number of aliphatic imine (C=N–C) groups is 1. The van der Waals surface area contributed by atoms with Gasteiger partial charge in [-0.05, 0) is 53.9 Å². The van der Waals surface area contributed by atoms with E-state index in [-0.39, 0.29) is 23.1 Å². The van der Waals surface area contributed by atoms with Gasteiger partial charge in [-0.25, -0.2) is 4.99 Å². The molecule has 34 heavy (non-hydrogen) atoms. The Bertz CT molecular complexity index is 1230. The zero-order chi connectivity index (χ0) is 24.1. The number of carbonyl (C=O) groups is 2. The molecule has 0 saturated heterocycles. The second-order valence-electron chi connectivity index (χ2n) is 6.82. The van der Waals surface area contributed by atoms with Gasteiger partial charge in [0.1, 0.15) is 11.4 Å². The Morgan fingerprint density at radius 1 is 1.09 bits per heavy atom. The van der Waals surface area contributed by atoms with Crippen molar-refractivity contribution in [3.63, 3.8) is 0 Å². The zero-order valence-corrected chi connectivity index (χ0v) is 18.9. The van der Waals surface area contributed by atoms with Crippen LogP contribution in [0.5, 0.6) is 5.75 Å². The number of nitrogens with zero attached hydrogens (tertiary/aromatic N) is 2. The molecule has 0 unspecified atom stereocenters. The normalized spacial score (nSPS) is 14.9. The van der Waals surface area contributed by atoms with Crippen molar-refractivity contribution >= 4 is 57.5 Å². The average molecular weight is 504 g/mol. The first-order valence-corrected chi connectivity index (χ1v) is 11.7. The van der Waals surface area contributed by atoms with Gasteiger partial charge in [0, 0.05) is 10.6 Å². The number of alkyl halides is 3. The lowest BCUT2D eigenvalue weighted by atomic mass is 10.3. The van der Waals surface area contributed by atoms with E-state index in [4.69, 9.17) is 0 Å². The Morgan fingerprint density at radius 3 is 2.47 bits per heavy atom. The van der Waals surface area contributed by atoms with Crippen LogP contribution in [0.2, 0.25) is 0 Å². The van der Waals surface area contributed by atoms with E-state index in [0.717, 1.165) is 28.8 Å². The van der Waals surface area contributed by atoms with E-state index in [1.807, 2.05) is 23.6 Å². The average Bonchev–Trinajstić information content (AvgIpc) is 3.41. The summed E-state index contributed by atoms with van der Waals surface area (Å²) in [6.07, 6.45) is -3.09. The highest BCUT2D eigenvalue weighted by atomic mass is 32.2. The van der Waals surface area contributed by atoms with Crippen molar-refractivity contribution in [3.8, 4) is 5.75 Å². The predicted octanol–water partition coefficient (Wildman–Crippen LogP) is 5.76. The maximum absolute atomic E-state index is 13.1. The molecule has 2 amide bonds. The Kier molecular flexibility index (Phi) is 7.03. The van der Waals surface area contributed by atoms with Crippen LogP contribution in [0.4, 0.5) is 24.5 Å². The predicted molar refractivity (Wildman–Crippen MR) is 128 cm³/mol. The lowest BCUT2D eigenvalue weighted by molar-refractivity contribution is -0.274. The van der Waals surface area contributed by atoms with Gasteiger partial charge in [0.25, 0.3) is 5.91 Å². The molecule has 2 aromatic carbocycles. The number of anilines is 2. The molecule has 1 aliphatic heterocycles. The Balaban J connectivity index is 1.45. The van der Waals surface area contributed by atoms with Gasteiger partial charge in [-0.1, -0.05) is 36.0 Å². The summed E-state index contributed by atoms with van der Waals surface area (Å²) < 4.78 is 40.6. The van der Waals surface area contributed by atoms with Crippen LogP contribution in [-0.2, 0) is 9.59 Å². The van der Waals surface area contributed by atoms with E-state index in [9.17, 15) is 22.8 Å². The van der Waals surface area contributed by atoms with Crippen molar-refractivity contribution in [3.05, 3.63) is 82.7 Å². The first-order chi connectivity index (χ1) is 16.3. The number of ether oxygens (including phenoxy) is 1. The van der Waals surface area contributed by atoms with Crippen LogP contribution in [0.15, 0.2) is 82.8 Å². The molecular formula is C23H16F3N3O3S2. The number of amides is 2. The minimum absolute atomic E-state index is 0.0669. The highest BCUT2D eigenvalue weighted by Gasteiger charge is 2.33. The lowest BCUT2D eigenvalue weighted by Gasteiger charge is -2.17. The van der Waals surface area contributed by atoms with Gasteiger partial charge in [0.2, 0.25) is 5.91 Å². The summed E-state index contributed by atoms with van der Waals surface area (Å²) in [6.45, 7) is 0. The summed E-state index contributed by atoms with van der Waals surface area (Å²) >= 11 is 2.55. The minimum Gasteiger partial charge on any atom is -0.406 e. The van der Waals surface area contributed by atoms with Crippen molar-refractivity contribution in [1.82, 2.24) is 0 Å². The summed E-state index contributed by atoms with van der Waals surface area (Å²) in [4.78, 5) is 32.3. The second-order valence-corrected chi connectivity index (χ2v) is 8.75. The molecule has 3 aromatic rings. The molecule has 0 fully saturated rings. The van der Waals surface area contributed by atoms with E-state index in [2.05, 4.69) is 15.0 Å². The van der Waals surface area contributed by atoms with Crippen LogP contribution in [0.3, 0.4) is 0 Å². The number of hydrogen-bond acceptors (Lipinski definition) is 6. The van der Waals surface area contributed by atoms with Gasteiger partial charge in [0.15, 0.2) is 5.17 Å². The van der Waals surface area contributed by atoms with Crippen molar-refractivity contribution in [1.29, 1.82) is 0 Å². The summed E-state index contributed by atoms with van der Waals surface area (Å²) in [7, 11) is 0. The van der Waals surface area contributed by atoms with Gasteiger partial charge in [0.05, 0.1) is 11.4 Å². The molecule has 174 valence electrons. The standard InChI is InChI=1S/C23H16F3N3O3S2/c24-23(25,26)32-17-10-8-15(9-11-17)27-20(30)14-34-22-28-19(13-18-7-4-12-33-18)21(31)29(22)16-5-2-1-3-6-16/h1-13H,14H2,(H,27,30). The van der Waals surface area contributed by atoms with Gasteiger partial charge in [-0.15, -0.1) is 24.5 Å². The van der Waals surface area contributed by atoms with Crippen molar-refractivity contribution in [2.24, 2.45) is 4.99 Å². The SMILES string of the molecule is O=C(CSC1=NC(=Cc2cccs2)C(=O)N1c1ccccc1)Nc1ccc(OC(F)(F)F)cc1. The number of rotatable bonds is 6. The van der Waals surface area contributed by atoms with Crippen LogP contribution < -0.4 is 15.0 Å². The Hall–Kier alpha value is -3.57. The quantitative estimate of drug-likeness (QED) is 0.434. The number of carbonyl (C=O) groups excluding carboxylic acids is 2. The van der Waals surface area contributed by atoms with Crippen LogP contribution >= 0.6 is 23.1 Å². The maximum atomic E-state index is 13.1. The fourth-order valence-corrected chi connectivity index (χ4v) is 4.44. The second kappa shape index (κ2) is 10.1. The van der Waals surface area contributed by atoms with Crippen LogP contribution in [0.25, 0.3) is 6.08 Å². The zero-order valence-electron chi connectivity index (χ0n) is 17.3. The van der Waals surface area contributed by atoms with E-state index < -0.39 is 12.3 Å². The number of halogens is 3. The summed E-state index contributed by atoms with van der Waals surface area (Å²) in [6, 6.07) is 17.5. The molecule has 2 heterocycles. The number of thiophene rings is 1. The largest absolute Gasteiger partial charge is 0.573 e. The molecule has 11 heteroatoms. The molecule has 0 spiro atoms. The molecule has 6 nitrogen and oxygen atoms in total. The number of nitrogens with one attached hydrogen (secondary N) is 1. The number of thioether (sulfide) groups is 1. The molecule has 0 atom stereocenters. The van der Waals surface area contributed by atoms with E-state index in [1.165, 1.54) is 28.4 Å². The highest BCUT2D eigenvalue weighted by Crippen LogP contribution is 2.30. The molecule has 0 aliphatic carbocycles. The van der Waals surface area contributed by atoms with Crippen molar-refractivity contribution in [2.75, 3.05) is 16.0 Å². The third-order valence-corrected chi connectivity index (χ3v) is 6.13. The number of hydrogen-bond donors (Lipinski definition) is 1. The third-order valence-electron chi connectivity index (χ3n) is 4.37. The summed E-state index contributed by atoms with van der Waals surface area (Å²) in [5.41, 5.74) is 1.19. The van der Waals surface area contributed by atoms with Crippen molar-refractivity contribution < 1.29 is 27.5 Å². The van der Waals surface area contributed by atoms with Crippen LogP contribution in [0, 0.1) is 0 Å². The number of para-hydroxylation sites is 1. The van der Waals surface area contributed by atoms with Crippen LogP contribution in [0.1, 0.15) is 4.88 Å². The van der Waals surface area contributed by atoms with E-state index in [0.29, 0.717) is 16.5 Å². The number of amidine groups is 1. The van der Waals surface area contributed by atoms with E-state index >= 15 is 0 Å². The fourth-order valence-electron chi connectivity index (χ4n) is 2.97. The maximum Gasteiger partial charge on any atom is 0.573 e. The third kappa shape index (κ3) is 6.06. The first kappa shape index (κ1) is 23.6. The minimum atomic E-state index is -4.79. The van der Waals surface area contributed by atoms with Gasteiger partial charge < -0.3 is 10.1 Å². The molecule has 1 aliphatic rings. The van der Waals surface area contributed by atoms with Gasteiger partial charge >= 0.3 is 6.36 Å². The Morgan fingerprint density at radius 2 is 1.82 bits per heavy atom. The molecule has 1 aromatic heterocycles. The number of benzene rings is 2. The molecular weight excluding hydrogens is 487 g/mol. The molecule has 4 rings (SSSR count). The monoisotopic (exact) mass is 503 g/mol. The molecule has 0 saturated carbocycles.